The first-order valence-electron chi connectivity index (χ1n) is 6.54. The smallest absolute Gasteiger partial charge is 0.315 e. The number of hydrogen-bond acceptors (Lipinski definition) is 3. The van der Waals surface area contributed by atoms with Crippen molar-refractivity contribution >= 4 is 17.8 Å². The predicted molar refractivity (Wildman–Crippen MR) is 80.4 cm³/mol. The van der Waals surface area contributed by atoms with Crippen LogP contribution in [0, 0.1) is 5.82 Å². The average molecular weight is 300 g/mol. The molecule has 0 bridgehead atoms. The fourth-order valence-electron chi connectivity index (χ4n) is 1.74. The first kappa shape index (κ1) is 16.8. The van der Waals surface area contributed by atoms with Crippen LogP contribution in [0.3, 0.4) is 0 Å². The van der Waals surface area contributed by atoms with Crippen molar-refractivity contribution in [1.29, 1.82) is 0 Å². The molecule has 0 aliphatic carbocycles. The van der Waals surface area contributed by atoms with Gasteiger partial charge in [0.2, 0.25) is 0 Å². The number of nitrogens with one attached hydrogen (secondary N) is 2. The van der Waals surface area contributed by atoms with Crippen molar-refractivity contribution in [3.63, 3.8) is 0 Å². The number of amides is 2. The fourth-order valence-corrected chi connectivity index (χ4v) is 2.47. The number of halogens is 1. The maximum Gasteiger partial charge on any atom is 0.315 e. The van der Waals surface area contributed by atoms with Crippen molar-refractivity contribution in [3.05, 3.63) is 35.6 Å². The molecule has 2 amide bonds. The second-order valence-corrected chi connectivity index (χ2v) is 5.36. The van der Waals surface area contributed by atoms with Gasteiger partial charge in [-0.1, -0.05) is 25.1 Å². The minimum atomic E-state index is -1.05. The molecular weight excluding hydrogens is 279 g/mol. The molecule has 1 aromatic carbocycles. The van der Waals surface area contributed by atoms with Gasteiger partial charge < -0.3 is 15.7 Å². The molecule has 0 saturated heterocycles. The molecule has 1 rings (SSSR count). The number of aliphatic hydroxyl groups excluding tert-OH is 1. The second-order valence-electron chi connectivity index (χ2n) is 4.45. The van der Waals surface area contributed by atoms with Crippen LogP contribution in [-0.4, -0.2) is 35.7 Å². The normalized spacial score (nSPS) is 13.6. The Morgan fingerprint density at radius 1 is 1.45 bits per heavy atom. The number of hydrogen-bond donors (Lipinski definition) is 3. The number of carbonyl (C=O) groups excluding carboxylic acids is 1. The molecule has 0 aromatic heterocycles. The van der Waals surface area contributed by atoms with E-state index < -0.39 is 11.9 Å². The molecule has 1 aromatic rings. The van der Waals surface area contributed by atoms with Crippen molar-refractivity contribution in [3.8, 4) is 0 Å². The summed E-state index contributed by atoms with van der Waals surface area (Å²) in [6.45, 7) is 1.97. The van der Waals surface area contributed by atoms with Gasteiger partial charge in [-0.15, -0.1) is 0 Å². The van der Waals surface area contributed by atoms with E-state index in [2.05, 4.69) is 10.6 Å². The Morgan fingerprint density at radius 3 is 2.75 bits per heavy atom. The first-order chi connectivity index (χ1) is 9.58. The number of carbonyl (C=O) groups is 1. The molecule has 2 atom stereocenters. The summed E-state index contributed by atoms with van der Waals surface area (Å²) in [6.07, 6.45) is 1.76. The fraction of sp³-hybridized carbons (Fsp3) is 0.500. The first-order valence-corrected chi connectivity index (χ1v) is 7.93. The summed E-state index contributed by atoms with van der Waals surface area (Å²) in [5.41, 5.74) is 0.184. The molecule has 6 heteroatoms. The Kier molecular flexibility index (Phi) is 7.40. The third-order valence-electron chi connectivity index (χ3n) is 2.92. The number of aliphatic hydroxyl groups is 1. The molecule has 0 heterocycles. The zero-order chi connectivity index (χ0) is 15.0. The van der Waals surface area contributed by atoms with Crippen molar-refractivity contribution in [2.24, 2.45) is 0 Å². The van der Waals surface area contributed by atoms with Gasteiger partial charge in [0, 0.05) is 23.9 Å². The van der Waals surface area contributed by atoms with Gasteiger partial charge in [0.1, 0.15) is 5.82 Å². The Hall–Kier alpha value is -1.27. The van der Waals surface area contributed by atoms with Crippen LogP contribution in [0.5, 0.6) is 0 Å². The van der Waals surface area contributed by atoms with Crippen LogP contribution in [0.2, 0.25) is 0 Å². The number of urea groups is 1. The van der Waals surface area contributed by atoms with Gasteiger partial charge in [-0.3, -0.25) is 0 Å². The lowest BCUT2D eigenvalue weighted by Crippen LogP contribution is -2.44. The van der Waals surface area contributed by atoms with E-state index in [9.17, 15) is 14.3 Å². The van der Waals surface area contributed by atoms with Gasteiger partial charge in [0.25, 0.3) is 0 Å². The van der Waals surface area contributed by atoms with Crippen LogP contribution < -0.4 is 10.6 Å². The van der Waals surface area contributed by atoms with Crippen molar-refractivity contribution in [1.82, 2.24) is 10.6 Å². The molecule has 0 saturated carbocycles. The van der Waals surface area contributed by atoms with E-state index in [1.54, 1.807) is 23.9 Å². The second kappa shape index (κ2) is 8.81. The van der Waals surface area contributed by atoms with E-state index in [0.29, 0.717) is 0 Å². The number of thioether (sulfide) groups is 1. The van der Waals surface area contributed by atoms with Crippen LogP contribution in [0.4, 0.5) is 9.18 Å². The molecule has 0 spiro atoms. The highest BCUT2D eigenvalue weighted by atomic mass is 32.2. The molecule has 4 nitrogen and oxygen atoms in total. The summed E-state index contributed by atoms with van der Waals surface area (Å²) in [4.78, 5) is 11.7. The lowest BCUT2D eigenvalue weighted by molar-refractivity contribution is 0.168. The van der Waals surface area contributed by atoms with E-state index in [1.807, 2.05) is 13.2 Å². The Balaban J connectivity index is 2.42. The molecule has 0 radical (unpaired) electrons. The SMILES string of the molecule is CCC(CSC)NC(=O)NCC(O)c1ccccc1F. The van der Waals surface area contributed by atoms with Crippen molar-refractivity contribution in [2.75, 3.05) is 18.6 Å². The number of rotatable bonds is 7. The zero-order valence-corrected chi connectivity index (χ0v) is 12.5. The van der Waals surface area contributed by atoms with Crippen LogP contribution in [-0.2, 0) is 0 Å². The highest BCUT2D eigenvalue weighted by Gasteiger charge is 2.14. The van der Waals surface area contributed by atoms with E-state index in [0.717, 1.165) is 12.2 Å². The minimum Gasteiger partial charge on any atom is -0.386 e. The maximum atomic E-state index is 13.4. The van der Waals surface area contributed by atoms with E-state index in [4.69, 9.17) is 0 Å². The van der Waals surface area contributed by atoms with Crippen molar-refractivity contribution in [2.45, 2.75) is 25.5 Å². The van der Waals surface area contributed by atoms with Crippen molar-refractivity contribution < 1.29 is 14.3 Å². The van der Waals surface area contributed by atoms with Gasteiger partial charge in [-0.2, -0.15) is 11.8 Å². The third kappa shape index (κ3) is 5.38. The largest absolute Gasteiger partial charge is 0.386 e. The summed E-state index contributed by atoms with van der Waals surface area (Å²) in [5, 5.41) is 15.2. The van der Waals surface area contributed by atoms with Crippen LogP contribution in [0.1, 0.15) is 25.0 Å². The molecule has 0 fully saturated rings. The highest BCUT2D eigenvalue weighted by Crippen LogP contribution is 2.15. The Bertz CT molecular complexity index is 431. The van der Waals surface area contributed by atoms with Gasteiger partial charge >= 0.3 is 6.03 Å². The molecule has 0 aliphatic heterocycles. The van der Waals surface area contributed by atoms with E-state index in [1.165, 1.54) is 12.1 Å². The number of benzene rings is 1. The zero-order valence-electron chi connectivity index (χ0n) is 11.7. The summed E-state index contributed by atoms with van der Waals surface area (Å²) in [5.74, 6) is 0.357. The molecule has 112 valence electrons. The average Bonchev–Trinajstić information content (AvgIpc) is 2.44. The van der Waals surface area contributed by atoms with Gasteiger partial charge in [0.05, 0.1) is 6.10 Å². The molecule has 2 unspecified atom stereocenters. The van der Waals surface area contributed by atoms with Crippen LogP contribution in [0.25, 0.3) is 0 Å². The maximum absolute atomic E-state index is 13.4. The lowest BCUT2D eigenvalue weighted by atomic mass is 10.1. The molecule has 20 heavy (non-hydrogen) atoms. The Labute approximate surface area is 123 Å². The summed E-state index contributed by atoms with van der Waals surface area (Å²) in [6, 6.07) is 5.73. The summed E-state index contributed by atoms with van der Waals surface area (Å²) < 4.78 is 13.4. The van der Waals surface area contributed by atoms with E-state index >= 15 is 0 Å². The monoisotopic (exact) mass is 300 g/mol. The topological polar surface area (TPSA) is 61.4 Å². The predicted octanol–water partition coefficient (Wildman–Crippen LogP) is 2.30. The highest BCUT2D eigenvalue weighted by molar-refractivity contribution is 7.98. The molecule has 0 aliphatic rings. The summed E-state index contributed by atoms with van der Waals surface area (Å²) >= 11 is 1.66. The summed E-state index contributed by atoms with van der Waals surface area (Å²) in [7, 11) is 0. The van der Waals surface area contributed by atoms with Gasteiger partial charge in [-0.25, -0.2) is 9.18 Å². The minimum absolute atomic E-state index is 0.0253. The van der Waals surface area contributed by atoms with E-state index in [-0.39, 0.29) is 24.2 Å². The molecule has 3 N–H and O–H groups in total. The lowest BCUT2D eigenvalue weighted by Gasteiger charge is -2.18. The van der Waals surface area contributed by atoms with Gasteiger partial charge in [-0.05, 0) is 18.7 Å². The van der Waals surface area contributed by atoms with Crippen LogP contribution in [0.15, 0.2) is 24.3 Å². The quantitative estimate of drug-likeness (QED) is 0.724. The third-order valence-corrected chi connectivity index (χ3v) is 3.65. The molecular formula is C14H21FN2O2S. The van der Waals surface area contributed by atoms with Gasteiger partial charge in [0.15, 0.2) is 0 Å². The Morgan fingerprint density at radius 2 is 2.15 bits per heavy atom. The van der Waals surface area contributed by atoms with Crippen LogP contribution >= 0.6 is 11.8 Å². The standard InChI is InChI=1S/C14H21FN2O2S/c1-3-10(9-20-2)17-14(19)16-8-13(18)11-6-4-5-7-12(11)15/h4-7,10,13,18H,3,8-9H2,1-2H3,(H2,16,17,19).